The number of ether oxygens (including phenoxy) is 2. The molecule has 9 heteroatoms. The van der Waals surface area contributed by atoms with E-state index in [2.05, 4.69) is 10.1 Å². The molecule has 0 bridgehead atoms. The van der Waals surface area contributed by atoms with Gasteiger partial charge in [-0.1, -0.05) is 18.2 Å². The van der Waals surface area contributed by atoms with Crippen LogP contribution in [0.3, 0.4) is 0 Å². The van der Waals surface area contributed by atoms with Crippen molar-refractivity contribution < 1.29 is 28.8 Å². The number of amides is 1. The number of rotatable bonds is 6. The fourth-order valence-corrected chi connectivity index (χ4v) is 2.00. The third kappa shape index (κ3) is 4.87. The molecule has 0 aliphatic heterocycles. The van der Waals surface area contributed by atoms with E-state index >= 15 is 0 Å². The summed E-state index contributed by atoms with van der Waals surface area (Å²) in [6.07, 6.45) is 0. The van der Waals surface area contributed by atoms with Crippen molar-refractivity contribution in [3.8, 4) is 0 Å². The molecule has 134 valence electrons. The molecular weight excluding hydrogens is 344 g/mol. The van der Waals surface area contributed by atoms with Gasteiger partial charge in [-0.05, 0) is 18.2 Å². The van der Waals surface area contributed by atoms with Gasteiger partial charge < -0.3 is 14.8 Å². The fourth-order valence-electron chi connectivity index (χ4n) is 2.00. The number of nitrogens with zero attached hydrogens (tertiary/aromatic N) is 1. The molecule has 1 N–H and O–H groups in total. The monoisotopic (exact) mass is 358 g/mol. The number of hydrogen-bond donors (Lipinski definition) is 1. The first kappa shape index (κ1) is 18.6. The second kappa shape index (κ2) is 8.38. The maximum absolute atomic E-state index is 12.1. The lowest BCUT2D eigenvalue weighted by Gasteiger charge is -2.07. The van der Waals surface area contributed by atoms with Crippen LogP contribution in [-0.4, -0.2) is 36.5 Å². The first-order valence-corrected chi connectivity index (χ1v) is 7.30. The molecule has 0 heterocycles. The summed E-state index contributed by atoms with van der Waals surface area (Å²) < 4.78 is 9.33. The molecule has 0 saturated heterocycles. The van der Waals surface area contributed by atoms with Gasteiger partial charge in [-0.3, -0.25) is 14.9 Å². The van der Waals surface area contributed by atoms with E-state index in [-0.39, 0.29) is 11.1 Å². The van der Waals surface area contributed by atoms with E-state index in [0.29, 0.717) is 5.69 Å². The third-order valence-electron chi connectivity index (χ3n) is 3.18. The molecule has 0 aliphatic carbocycles. The van der Waals surface area contributed by atoms with Crippen molar-refractivity contribution in [1.29, 1.82) is 0 Å². The van der Waals surface area contributed by atoms with Gasteiger partial charge in [0.2, 0.25) is 0 Å². The van der Waals surface area contributed by atoms with Crippen LogP contribution in [0.2, 0.25) is 0 Å². The van der Waals surface area contributed by atoms with Crippen LogP contribution in [0.4, 0.5) is 11.4 Å². The molecule has 0 aliphatic rings. The molecule has 0 fully saturated rings. The number of nitro groups is 1. The number of non-ortho nitro benzene ring substituents is 1. The molecule has 26 heavy (non-hydrogen) atoms. The van der Waals surface area contributed by atoms with E-state index in [1.807, 2.05) is 0 Å². The highest BCUT2D eigenvalue weighted by Gasteiger charge is 2.19. The maximum Gasteiger partial charge on any atom is 0.338 e. The lowest BCUT2D eigenvalue weighted by Crippen LogP contribution is -2.21. The number of esters is 2. The number of carbonyl (C=O) groups excluding carboxylic acids is 3. The van der Waals surface area contributed by atoms with Gasteiger partial charge in [0.1, 0.15) is 0 Å². The van der Waals surface area contributed by atoms with Crippen LogP contribution in [0.5, 0.6) is 0 Å². The Kier molecular flexibility index (Phi) is 5.99. The summed E-state index contributed by atoms with van der Waals surface area (Å²) in [4.78, 5) is 45.6. The molecular formula is C17H14N2O7. The lowest BCUT2D eigenvalue weighted by atomic mass is 10.1. The van der Waals surface area contributed by atoms with Crippen molar-refractivity contribution in [3.05, 3.63) is 69.8 Å². The molecule has 0 unspecified atom stereocenters. The minimum absolute atomic E-state index is 0.178. The quantitative estimate of drug-likeness (QED) is 0.476. The summed E-state index contributed by atoms with van der Waals surface area (Å²) in [6, 6.07) is 11.5. The summed E-state index contributed by atoms with van der Waals surface area (Å²) in [6.45, 7) is -0.593. The Morgan fingerprint density at radius 3 is 2.23 bits per heavy atom. The SMILES string of the molecule is COC(=O)c1cc(C(=O)OCC(=O)Nc2ccccc2)cc([N+](=O)[O-])c1. The molecule has 0 saturated carbocycles. The van der Waals surface area contributed by atoms with E-state index < -0.39 is 35.1 Å². The Balaban J connectivity index is 2.08. The van der Waals surface area contributed by atoms with Crippen molar-refractivity contribution in [1.82, 2.24) is 0 Å². The van der Waals surface area contributed by atoms with Crippen LogP contribution in [0, 0.1) is 10.1 Å². The summed E-state index contributed by atoms with van der Waals surface area (Å²) in [5, 5.41) is 13.5. The van der Waals surface area contributed by atoms with Gasteiger partial charge >= 0.3 is 11.9 Å². The van der Waals surface area contributed by atoms with E-state index in [1.54, 1.807) is 30.3 Å². The third-order valence-corrected chi connectivity index (χ3v) is 3.18. The molecule has 0 radical (unpaired) electrons. The van der Waals surface area contributed by atoms with Crippen LogP contribution >= 0.6 is 0 Å². The van der Waals surface area contributed by atoms with Gasteiger partial charge in [-0.2, -0.15) is 0 Å². The summed E-state index contributed by atoms with van der Waals surface area (Å²) >= 11 is 0. The molecule has 2 aromatic carbocycles. The Bertz CT molecular complexity index is 849. The van der Waals surface area contributed by atoms with Crippen molar-refractivity contribution in [3.63, 3.8) is 0 Å². The number of benzene rings is 2. The molecule has 0 spiro atoms. The summed E-state index contributed by atoms with van der Waals surface area (Å²) in [5.74, 6) is -2.41. The molecule has 9 nitrogen and oxygen atoms in total. The normalized spacial score (nSPS) is 9.88. The van der Waals surface area contributed by atoms with Crippen LogP contribution in [-0.2, 0) is 14.3 Å². The minimum atomic E-state index is -0.984. The Morgan fingerprint density at radius 1 is 1.04 bits per heavy atom. The maximum atomic E-state index is 12.1. The predicted molar refractivity (Wildman–Crippen MR) is 89.8 cm³/mol. The summed E-state index contributed by atoms with van der Waals surface area (Å²) in [5.41, 5.74) is -0.375. The number of methoxy groups -OCH3 is 1. The highest BCUT2D eigenvalue weighted by molar-refractivity contribution is 5.98. The fraction of sp³-hybridized carbons (Fsp3) is 0.118. The molecule has 0 atom stereocenters. The molecule has 2 aromatic rings. The topological polar surface area (TPSA) is 125 Å². The van der Waals surface area contributed by atoms with Crippen LogP contribution in [0.25, 0.3) is 0 Å². The average molecular weight is 358 g/mol. The Labute approximate surface area is 147 Å². The van der Waals surface area contributed by atoms with Gasteiger partial charge in [0, 0.05) is 17.8 Å². The molecule has 1 amide bonds. The van der Waals surface area contributed by atoms with Crippen molar-refractivity contribution >= 4 is 29.2 Å². The largest absolute Gasteiger partial charge is 0.465 e. The first-order chi connectivity index (χ1) is 12.4. The molecule has 2 rings (SSSR count). The van der Waals surface area contributed by atoms with Gasteiger partial charge in [-0.15, -0.1) is 0 Å². The second-order valence-electron chi connectivity index (χ2n) is 5.01. The first-order valence-electron chi connectivity index (χ1n) is 7.30. The lowest BCUT2D eigenvalue weighted by molar-refractivity contribution is -0.384. The van der Waals surface area contributed by atoms with Crippen LogP contribution in [0.15, 0.2) is 48.5 Å². The average Bonchev–Trinajstić information content (AvgIpc) is 2.65. The smallest absolute Gasteiger partial charge is 0.338 e. The standard InChI is InChI=1S/C17H14N2O7/c1-25-16(21)11-7-12(9-14(8-11)19(23)24)17(22)26-10-15(20)18-13-5-3-2-4-6-13/h2-9H,10H2,1H3,(H,18,20). The zero-order valence-electron chi connectivity index (χ0n) is 13.6. The van der Waals surface area contributed by atoms with Gasteiger partial charge in [0.25, 0.3) is 11.6 Å². The number of carbonyl (C=O) groups is 3. The predicted octanol–water partition coefficient (Wildman–Crippen LogP) is 2.18. The number of nitro benzene ring substituents is 1. The Hall–Kier alpha value is -3.75. The van der Waals surface area contributed by atoms with E-state index in [9.17, 15) is 24.5 Å². The minimum Gasteiger partial charge on any atom is -0.465 e. The van der Waals surface area contributed by atoms with Gasteiger partial charge in [-0.25, -0.2) is 9.59 Å². The van der Waals surface area contributed by atoms with Crippen molar-refractivity contribution in [2.75, 3.05) is 19.0 Å². The van der Waals surface area contributed by atoms with E-state index in [0.717, 1.165) is 25.3 Å². The zero-order chi connectivity index (χ0) is 19.1. The number of anilines is 1. The number of hydrogen-bond acceptors (Lipinski definition) is 7. The van der Waals surface area contributed by atoms with E-state index in [1.165, 1.54) is 0 Å². The Morgan fingerprint density at radius 2 is 1.65 bits per heavy atom. The van der Waals surface area contributed by atoms with Crippen molar-refractivity contribution in [2.24, 2.45) is 0 Å². The van der Waals surface area contributed by atoms with Crippen LogP contribution in [0.1, 0.15) is 20.7 Å². The van der Waals surface area contributed by atoms with Crippen molar-refractivity contribution in [2.45, 2.75) is 0 Å². The van der Waals surface area contributed by atoms with Gasteiger partial charge in [0.05, 0.1) is 23.2 Å². The van der Waals surface area contributed by atoms with Crippen LogP contribution < -0.4 is 5.32 Å². The second-order valence-corrected chi connectivity index (χ2v) is 5.01. The zero-order valence-corrected chi connectivity index (χ0v) is 13.6. The van der Waals surface area contributed by atoms with Gasteiger partial charge in [0.15, 0.2) is 6.61 Å². The highest BCUT2D eigenvalue weighted by Crippen LogP contribution is 2.19. The van der Waals surface area contributed by atoms with E-state index in [4.69, 9.17) is 4.74 Å². The number of para-hydroxylation sites is 1. The number of nitrogens with one attached hydrogen (secondary N) is 1. The molecule has 0 aromatic heterocycles. The summed E-state index contributed by atoms with van der Waals surface area (Å²) in [7, 11) is 1.10. The highest BCUT2D eigenvalue weighted by atomic mass is 16.6.